The lowest BCUT2D eigenvalue weighted by Crippen LogP contribution is -2.09. The molecule has 1 aromatic heterocycles. The summed E-state index contributed by atoms with van der Waals surface area (Å²) >= 11 is 0. The first kappa shape index (κ1) is 7.69. The van der Waals surface area contributed by atoms with E-state index in [1.807, 2.05) is 6.07 Å². The van der Waals surface area contributed by atoms with Crippen molar-refractivity contribution < 1.29 is 0 Å². The molecule has 0 fully saturated rings. The van der Waals surface area contributed by atoms with E-state index in [2.05, 4.69) is 10.1 Å². The molecule has 0 saturated heterocycles. The van der Waals surface area contributed by atoms with Gasteiger partial charge in [-0.25, -0.2) is 9.67 Å². The largest absolute Gasteiger partial charge is 0.324 e. The number of hydrogen-bond acceptors (Lipinski definition) is 4. The molecule has 2 N–H and O–H groups in total. The third kappa shape index (κ3) is 1.75. The van der Waals surface area contributed by atoms with Gasteiger partial charge < -0.3 is 5.73 Å². The van der Waals surface area contributed by atoms with Gasteiger partial charge in [-0.1, -0.05) is 0 Å². The molecule has 0 radical (unpaired) electrons. The van der Waals surface area contributed by atoms with Crippen LogP contribution in [0.5, 0.6) is 0 Å². The summed E-state index contributed by atoms with van der Waals surface area (Å²) < 4.78 is 1.64. The predicted molar refractivity (Wildman–Crippen MR) is 38.1 cm³/mol. The summed E-state index contributed by atoms with van der Waals surface area (Å²) in [5.41, 5.74) is 5.36. The summed E-state index contributed by atoms with van der Waals surface area (Å²) in [4.78, 5) is 3.91. The molecule has 0 aliphatic rings. The molecule has 0 aliphatic carbocycles. The van der Waals surface area contributed by atoms with Crippen LogP contribution < -0.4 is 5.73 Å². The summed E-state index contributed by atoms with van der Waals surface area (Å²) in [5.74, 6) is 0.722. The Labute approximate surface area is 64.5 Å². The normalized spacial score (nSPS) is 9.45. The van der Waals surface area contributed by atoms with Crippen LogP contribution in [-0.2, 0) is 13.1 Å². The Bertz CT molecular complexity index is 258. The van der Waals surface area contributed by atoms with Crippen molar-refractivity contribution in [1.82, 2.24) is 14.8 Å². The Morgan fingerprint density at radius 2 is 2.55 bits per heavy atom. The average Bonchev–Trinajstić information content (AvgIpc) is 2.47. The highest BCUT2D eigenvalue weighted by Crippen LogP contribution is 1.93. The Hall–Kier alpha value is -1.41. The molecule has 1 rings (SSSR count). The molecule has 0 aromatic carbocycles. The third-order valence-corrected chi connectivity index (χ3v) is 1.31. The lowest BCUT2D eigenvalue weighted by molar-refractivity contribution is 0.590. The van der Waals surface area contributed by atoms with Gasteiger partial charge in [0.25, 0.3) is 0 Å². The number of aromatic nitrogens is 3. The Kier molecular flexibility index (Phi) is 2.58. The number of nitriles is 1. The minimum absolute atomic E-state index is 0.366. The topological polar surface area (TPSA) is 80.5 Å². The number of aryl methyl sites for hydroxylation is 1. The second kappa shape index (κ2) is 3.68. The second-order valence-corrected chi connectivity index (χ2v) is 2.01. The van der Waals surface area contributed by atoms with E-state index >= 15 is 0 Å². The summed E-state index contributed by atoms with van der Waals surface area (Å²) in [6.07, 6.45) is 1.88. The Morgan fingerprint density at radius 1 is 1.73 bits per heavy atom. The SMILES string of the molecule is N#CCCn1ncnc1CN. The highest BCUT2D eigenvalue weighted by atomic mass is 15.3. The minimum Gasteiger partial charge on any atom is -0.324 e. The van der Waals surface area contributed by atoms with E-state index < -0.39 is 0 Å². The molecule has 0 aliphatic heterocycles. The summed E-state index contributed by atoms with van der Waals surface area (Å²) in [6.45, 7) is 0.939. The van der Waals surface area contributed by atoms with Gasteiger partial charge in [0.05, 0.1) is 25.6 Å². The van der Waals surface area contributed by atoms with E-state index in [0.717, 1.165) is 5.82 Å². The van der Waals surface area contributed by atoms with Gasteiger partial charge in [-0.3, -0.25) is 0 Å². The molecule has 5 heteroatoms. The van der Waals surface area contributed by atoms with E-state index in [4.69, 9.17) is 11.0 Å². The van der Waals surface area contributed by atoms with Crippen LogP contribution >= 0.6 is 0 Å². The highest BCUT2D eigenvalue weighted by Gasteiger charge is 1.99. The van der Waals surface area contributed by atoms with Crippen LogP contribution in [0.25, 0.3) is 0 Å². The van der Waals surface area contributed by atoms with Crippen molar-refractivity contribution in [2.75, 3.05) is 0 Å². The van der Waals surface area contributed by atoms with Crippen LogP contribution in [0, 0.1) is 11.3 Å². The highest BCUT2D eigenvalue weighted by molar-refractivity contribution is 4.83. The van der Waals surface area contributed by atoms with E-state index in [1.54, 1.807) is 4.68 Å². The molecule has 1 heterocycles. The lowest BCUT2D eigenvalue weighted by atomic mass is 10.4. The average molecular weight is 151 g/mol. The first-order chi connectivity index (χ1) is 5.38. The Balaban J connectivity index is 2.62. The molecule has 0 unspecified atom stereocenters. The van der Waals surface area contributed by atoms with Crippen molar-refractivity contribution >= 4 is 0 Å². The molecule has 0 atom stereocenters. The summed E-state index contributed by atoms with van der Waals surface area (Å²) in [6, 6.07) is 2.03. The van der Waals surface area contributed by atoms with Crippen molar-refractivity contribution in [3.8, 4) is 6.07 Å². The van der Waals surface area contributed by atoms with E-state index in [0.29, 0.717) is 19.5 Å². The van der Waals surface area contributed by atoms with Gasteiger partial charge in [-0.2, -0.15) is 10.4 Å². The molecule has 0 saturated carbocycles. The van der Waals surface area contributed by atoms with Gasteiger partial charge in [0.2, 0.25) is 0 Å². The van der Waals surface area contributed by atoms with E-state index in [1.165, 1.54) is 6.33 Å². The lowest BCUT2D eigenvalue weighted by Gasteiger charge is -1.98. The monoisotopic (exact) mass is 151 g/mol. The molecule has 0 amide bonds. The van der Waals surface area contributed by atoms with Crippen molar-refractivity contribution in [2.45, 2.75) is 19.5 Å². The predicted octanol–water partition coefficient (Wildman–Crippen LogP) is -0.350. The maximum absolute atomic E-state index is 8.29. The maximum Gasteiger partial charge on any atom is 0.140 e. The van der Waals surface area contributed by atoms with Crippen LogP contribution in [0.2, 0.25) is 0 Å². The van der Waals surface area contributed by atoms with Crippen molar-refractivity contribution in [2.24, 2.45) is 5.73 Å². The molecule has 0 bridgehead atoms. The smallest absolute Gasteiger partial charge is 0.140 e. The molecule has 0 spiro atoms. The zero-order chi connectivity index (χ0) is 8.10. The Morgan fingerprint density at radius 3 is 3.18 bits per heavy atom. The fraction of sp³-hybridized carbons (Fsp3) is 0.500. The van der Waals surface area contributed by atoms with Gasteiger partial charge in [-0.15, -0.1) is 0 Å². The van der Waals surface area contributed by atoms with Crippen LogP contribution in [0.15, 0.2) is 6.33 Å². The van der Waals surface area contributed by atoms with Crippen LogP contribution in [0.1, 0.15) is 12.2 Å². The van der Waals surface area contributed by atoms with Gasteiger partial charge in [0.1, 0.15) is 12.2 Å². The number of nitrogens with two attached hydrogens (primary N) is 1. The van der Waals surface area contributed by atoms with Gasteiger partial charge in [0, 0.05) is 0 Å². The zero-order valence-electron chi connectivity index (χ0n) is 6.06. The second-order valence-electron chi connectivity index (χ2n) is 2.01. The summed E-state index contributed by atoms with van der Waals surface area (Å²) in [7, 11) is 0. The number of hydrogen-bond donors (Lipinski definition) is 1. The third-order valence-electron chi connectivity index (χ3n) is 1.31. The first-order valence-corrected chi connectivity index (χ1v) is 3.32. The maximum atomic E-state index is 8.29. The molecule has 58 valence electrons. The van der Waals surface area contributed by atoms with Crippen molar-refractivity contribution in [3.63, 3.8) is 0 Å². The van der Waals surface area contributed by atoms with Crippen LogP contribution in [-0.4, -0.2) is 14.8 Å². The summed E-state index contributed by atoms with van der Waals surface area (Å²) in [5, 5.41) is 12.2. The first-order valence-electron chi connectivity index (χ1n) is 3.32. The standard InChI is InChI=1S/C6H9N5/c7-2-1-3-11-6(4-8)9-5-10-11/h5H,1,3-4,8H2. The van der Waals surface area contributed by atoms with E-state index in [-0.39, 0.29) is 0 Å². The minimum atomic E-state index is 0.366. The molecule has 5 nitrogen and oxygen atoms in total. The quantitative estimate of drug-likeness (QED) is 0.640. The number of nitrogens with zero attached hydrogens (tertiary/aromatic N) is 4. The molecule has 1 aromatic rings. The number of rotatable bonds is 3. The molecule has 11 heavy (non-hydrogen) atoms. The van der Waals surface area contributed by atoms with Gasteiger partial charge in [-0.05, 0) is 0 Å². The fourth-order valence-electron chi connectivity index (χ4n) is 0.789. The van der Waals surface area contributed by atoms with Crippen LogP contribution in [0.4, 0.5) is 0 Å². The zero-order valence-corrected chi connectivity index (χ0v) is 6.06. The van der Waals surface area contributed by atoms with Crippen molar-refractivity contribution in [3.05, 3.63) is 12.2 Å². The molecular formula is C6H9N5. The van der Waals surface area contributed by atoms with Gasteiger partial charge in [0.15, 0.2) is 0 Å². The molecular weight excluding hydrogens is 142 g/mol. The van der Waals surface area contributed by atoms with Gasteiger partial charge >= 0.3 is 0 Å². The van der Waals surface area contributed by atoms with E-state index in [9.17, 15) is 0 Å². The van der Waals surface area contributed by atoms with Crippen LogP contribution in [0.3, 0.4) is 0 Å². The fourth-order valence-corrected chi connectivity index (χ4v) is 0.789. The van der Waals surface area contributed by atoms with Crippen molar-refractivity contribution in [1.29, 1.82) is 5.26 Å².